The van der Waals surface area contributed by atoms with Gasteiger partial charge in [-0.1, -0.05) is 0 Å². The van der Waals surface area contributed by atoms with Gasteiger partial charge in [-0.25, -0.2) is 4.39 Å². The zero-order valence-corrected chi connectivity index (χ0v) is 7.09. The van der Waals surface area contributed by atoms with Crippen molar-refractivity contribution in [2.24, 2.45) is 0 Å². The third-order valence-electron chi connectivity index (χ3n) is 1.05. The van der Waals surface area contributed by atoms with Crippen LogP contribution in [0, 0.1) is 20.7 Å². The van der Waals surface area contributed by atoms with Gasteiger partial charge in [-0.05, 0) is 40.8 Å². The lowest BCUT2D eigenvalue weighted by atomic mass is 10.2. The van der Waals surface area contributed by atoms with Crippen LogP contribution in [0.5, 0.6) is 0 Å². The average molecular weight is 247 g/mol. The van der Waals surface area contributed by atoms with E-state index in [9.17, 15) is 4.39 Å². The Morgan fingerprint density at radius 3 is 2.70 bits per heavy atom. The van der Waals surface area contributed by atoms with E-state index in [2.05, 4.69) is 0 Å². The lowest BCUT2D eigenvalue weighted by Gasteiger charge is -1.91. The van der Waals surface area contributed by atoms with Crippen LogP contribution in [0.1, 0.15) is 5.56 Å². The Balaban J connectivity index is 3.20. The van der Waals surface area contributed by atoms with E-state index >= 15 is 0 Å². The van der Waals surface area contributed by atoms with E-state index in [1.54, 1.807) is 0 Å². The number of nitrogens with zero attached hydrogens (tertiary/aromatic N) is 1. The standard InChI is InChI=1S/C7H3FIN/c8-6-2-1-5(4-10)3-7(6)9/h1-3H. The highest BCUT2D eigenvalue weighted by Crippen LogP contribution is 2.11. The molecule has 0 saturated heterocycles. The van der Waals surface area contributed by atoms with Crippen LogP contribution in [0.15, 0.2) is 18.2 Å². The second-order valence-electron chi connectivity index (χ2n) is 1.74. The summed E-state index contributed by atoms with van der Waals surface area (Å²) in [4.78, 5) is 0. The molecule has 0 aromatic heterocycles. The molecule has 0 heterocycles. The molecule has 50 valence electrons. The molecular weight excluding hydrogens is 244 g/mol. The Hall–Kier alpha value is -0.630. The van der Waals surface area contributed by atoms with Gasteiger partial charge >= 0.3 is 0 Å². The van der Waals surface area contributed by atoms with Gasteiger partial charge in [0, 0.05) is 0 Å². The highest BCUT2D eigenvalue weighted by Gasteiger charge is 1.97. The smallest absolute Gasteiger partial charge is 0.136 e. The molecule has 1 nitrogen and oxygen atoms in total. The highest BCUT2D eigenvalue weighted by molar-refractivity contribution is 14.1. The molecule has 0 saturated carbocycles. The number of hydrogen-bond acceptors (Lipinski definition) is 1. The van der Waals surface area contributed by atoms with E-state index in [4.69, 9.17) is 5.26 Å². The van der Waals surface area contributed by atoms with Gasteiger partial charge in [0.15, 0.2) is 0 Å². The van der Waals surface area contributed by atoms with Gasteiger partial charge < -0.3 is 0 Å². The van der Waals surface area contributed by atoms with Crippen molar-refractivity contribution in [2.75, 3.05) is 0 Å². The van der Waals surface area contributed by atoms with Gasteiger partial charge in [-0.2, -0.15) is 5.26 Å². The Kier molecular flexibility index (Phi) is 2.22. The van der Waals surface area contributed by atoms with Crippen molar-refractivity contribution in [2.45, 2.75) is 0 Å². The van der Waals surface area contributed by atoms with E-state index in [-0.39, 0.29) is 5.82 Å². The summed E-state index contributed by atoms with van der Waals surface area (Å²) in [6.07, 6.45) is 0. The molecule has 0 bridgehead atoms. The average Bonchev–Trinajstić information content (AvgIpc) is 1.95. The zero-order valence-electron chi connectivity index (χ0n) is 4.94. The molecule has 0 aliphatic carbocycles. The lowest BCUT2D eigenvalue weighted by molar-refractivity contribution is 0.620. The van der Waals surface area contributed by atoms with Gasteiger partial charge in [-0.15, -0.1) is 0 Å². The number of nitriles is 1. The van der Waals surface area contributed by atoms with Crippen LogP contribution in [0.25, 0.3) is 0 Å². The van der Waals surface area contributed by atoms with Crippen LogP contribution in [-0.2, 0) is 0 Å². The molecular formula is C7H3FIN. The molecule has 0 spiro atoms. The molecule has 0 atom stereocenters. The first-order valence-electron chi connectivity index (χ1n) is 2.59. The van der Waals surface area contributed by atoms with E-state index < -0.39 is 0 Å². The summed E-state index contributed by atoms with van der Waals surface area (Å²) in [7, 11) is 0. The first-order valence-corrected chi connectivity index (χ1v) is 3.67. The second kappa shape index (κ2) is 2.97. The first-order chi connectivity index (χ1) is 4.74. The summed E-state index contributed by atoms with van der Waals surface area (Å²) in [6.45, 7) is 0. The van der Waals surface area contributed by atoms with Crippen molar-refractivity contribution < 1.29 is 4.39 Å². The van der Waals surface area contributed by atoms with E-state index in [1.165, 1.54) is 18.2 Å². The predicted octanol–water partition coefficient (Wildman–Crippen LogP) is 2.30. The molecule has 1 aromatic rings. The van der Waals surface area contributed by atoms with Crippen molar-refractivity contribution >= 4 is 22.6 Å². The molecule has 1 aromatic carbocycles. The number of hydrogen-bond donors (Lipinski definition) is 0. The molecule has 10 heavy (non-hydrogen) atoms. The van der Waals surface area contributed by atoms with Gasteiger partial charge in [-0.3, -0.25) is 0 Å². The maximum absolute atomic E-state index is 12.5. The molecule has 1 rings (SSSR count). The summed E-state index contributed by atoms with van der Waals surface area (Å²) in [5.41, 5.74) is 0.491. The van der Waals surface area contributed by atoms with Crippen LogP contribution in [0.3, 0.4) is 0 Å². The monoisotopic (exact) mass is 247 g/mol. The van der Waals surface area contributed by atoms with Crippen molar-refractivity contribution in [3.05, 3.63) is 33.1 Å². The Morgan fingerprint density at radius 2 is 2.20 bits per heavy atom. The number of rotatable bonds is 0. The van der Waals surface area contributed by atoms with Crippen molar-refractivity contribution in [1.82, 2.24) is 0 Å². The summed E-state index contributed by atoms with van der Waals surface area (Å²) in [5.74, 6) is -0.278. The minimum absolute atomic E-state index is 0.278. The summed E-state index contributed by atoms with van der Waals surface area (Å²) < 4.78 is 13.0. The largest absolute Gasteiger partial charge is 0.206 e. The topological polar surface area (TPSA) is 23.8 Å². The highest BCUT2D eigenvalue weighted by atomic mass is 127. The second-order valence-corrected chi connectivity index (χ2v) is 2.90. The molecule has 0 radical (unpaired) electrons. The molecule has 0 fully saturated rings. The fourth-order valence-electron chi connectivity index (χ4n) is 0.566. The molecule has 0 unspecified atom stereocenters. The van der Waals surface area contributed by atoms with Crippen molar-refractivity contribution in [1.29, 1.82) is 5.26 Å². The molecule has 0 aliphatic rings. The van der Waals surface area contributed by atoms with Crippen LogP contribution >= 0.6 is 22.6 Å². The SMILES string of the molecule is N#Cc1ccc(F)c(I)c1. The van der Waals surface area contributed by atoms with Crippen LogP contribution in [0.2, 0.25) is 0 Å². The minimum atomic E-state index is -0.278. The lowest BCUT2D eigenvalue weighted by Crippen LogP contribution is -1.81. The summed E-state index contributed by atoms with van der Waals surface area (Å²) >= 11 is 1.85. The third-order valence-corrected chi connectivity index (χ3v) is 1.88. The fourth-order valence-corrected chi connectivity index (χ4v) is 1.08. The molecule has 3 heteroatoms. The van der Waals surface area contributed by atoms with Gasteiger partial charge in [0.1, 0.15) is 5.82 Å². The maximum Gasteiger partial charge on any atom is 0.136 e. The number of benzene rings is 1. The van der Waals surface area contributed by atoms with Gasteiger partial charge in [0.25, 0.3) is 0 Å². The molecule has 0 N–H and O–H groups in total. The van der Waals surface area contributed by atoms with Crippen molar-refractivity contribution in [3.63, 3.8) is 0 Å². The van der Waals surface area contributed by atoms with Crippen molar-refractivity contribution in [3.8, 4) is 6.07 Å². The fraction of sp³-hybridized carbons (Fsp3) is 0. The Bertz CT molecular complexity index is 290. The normalized spacial score (nSPS) is 8.90. The minimum Gasteiger partial charge on any atom is -0.206 e. The Morgan fingerprint density at radius 1 is 1.50 bits per heavy atom. The van der Waals surface area contributed by atoms with E-state index in [1.807, 2.05) is 28.7 Å². The number of halogens is 2. The molecule has 0 amide bonds. The third kappa shape index (κ3) is 1.45. The Labute approximate surface area is 71.6 Å². The van der Waals surface area contributed by atoms with Gasteiger partial charge in [0.2, 0.25) is 0 Å². The van der Waals surface area contributed by atoms with Crippen LogP contribution in [-0.4, -0.2) is 0 Å². The van der Waals surface area contributed by atoms with Crippen LogP contribution < -0.4 is 0 Å². The zero-order chi connectivity index (χ0) is 7.56. The van der Waals surface area contributed by atoms with Crippen LogP contribution in [0.4, 0.5) is 4.39 Å². The first kappa shape index (κ1) is 7.48. The van der Waals surface area contributed by atoms with Gasteiger partial charge in [0.05, 0.1) is 15.2 Å². The summed E-state index contributed by atoms with van der Waals surface area (Å²) in [6, 6.07) is 6.18. The van der Waals surface area contributed by atoms with E-state index in [0.717, 1.165) is 0 Å². The summed E-state index contributed by atoms with van der Waals surface area (Å²) in [5, 5.41) is 8.38. The maximum atomic E-state index is 12.5. The van der Waals surface area contributed by atoms with E-state index in [0.29, 0.717) is 9.13 Å². The predicted molar refractivity (Wildman–Crippen MR) is 43.8 cm³/mol. The quantitative estimate of drug-likeness (QED) is 0.645. The molecule has 0 aliphatic heterocycles.